The van der Waals surface area contributed by atoms with E-state index >= 15 is 0 Å². The molecule has 0 unspecified atom stereocenters. The molecule has 1 N–H and O–H groups in total. The SMILES string of the molecule is N#C/C(=C/c1cccn1-c1ccc([N+](=O)[O-])cc1)c1nc2ccccc2[nH]1. The lowest BCUT2D eigenvalue weighted by Gasteiger charge is -2.06. The van der Waals surface area contributed by atoms with Gasteiger partial charge in [-0.2, -0.15) is 5.26 Å². The number of aromatic amines is 1. The summed E-state index contributed by atoms with van der Waals surface area (Å²) in [6.07, 6.45) is 3.57. The predicted molar refractivity (Wildman–Crippen MR) is 102 cm³/mol. The minimum Gasteiger partial charge on any atom is -0.337 e. The molecule has 0 atom stereocenters. The molecule has 0 aliphatic rings. The first-order valence-corrected chi connectivity index (χ1v) is 8.15. The highest BCUT2D eigenvalue weighted by Crippen LogP contribution is 2.22. The van der Waals surface area contributed by atoms with Crippen LogP contribution in [0.25, 0.3) is 28.4 Å². The van der Waals surface area contributed by atoms with Crippen LogP contribution in [-0.2, 0) is 0 Å². The van der Waals surface area contributed by atoms with Gasteiger partial charge >= 0.3 is 0 Å². The number of para-hydroxylation sites is 2. The lowest BCUT2D eigenvalue weighted by atomic mass is 10.2. The summed E-state index contributed by atoms with van der Waals surface area (Å²) in [5.74, 6) is 0.496. The van der Waals surface area contributed by atoms with Gasteiger partial charge in [-0.3, -0.25) is 10.1 Å². The van der Waals surface area contributed by atoms with Crippen molar-refractivity contribution in [1.82, 2.24) is 14.5 Å². The molecule has 4 aromatic rings. The van der Waals surface area contributed by atoms with E-state index in [9.17, 15) is 15.4 Å². The number of nitro groups is 1. The lowest BCUT2D eigenvalue weighted by molar-refractivity contribution is -0.384. The van der Waals surface area contributed by atoms with Crippen molar-refractivity contribution >= 4 is 28.4 Å². The third-order valence-corrected chi connectivity index (χ3v) is 4.18. The van der Waals surface area contributed by atoms with Gasteiger partial charge in [0.05, 0.1) is 21.5 Å². The molecule has 27 heavy (non-hydrogen) atoms. The summed E-state index contributed by atoms with van der Waals surface area (Å²) in [7, 11) is 0. The molecular weight excluding hydrogens is 342 g/mol. The van der Waals surface area contributed by atoms with E-state index in [1.165, 1.54) is 12.1 Å². The van der Waals surface area contributed by atoms with Crippen LogP contribution in [0, 0.1) is 21.4 Å². The van der Waals surface area contributed by atoms with E-state index in [1.807, 2.05) is 47.2 Å². The predicted octanol–water partition coefficient (Wildman–Crippen LogP) is 4.33. The van der Waals surface area contributed by atoms with Gasteiger partial charge in [0.25, 0.3) is 5.69 Å². The molecule has 130 valence electrons. The second-order valence-corrected chi connectivity index (χ2v) is 5.85. The maximum atomic E-state index is 10.8. The molecule has 0 spiro atoms. The van der Waals surface area contributed by atoms with Crippen LogP contribution in [0.2, 0.25) is 0 Å². The van der Waals surface area contributed by atoms with Crippen LogP contribution in [0.1, 0.15) is 11.5 Å². The Balaban J connectivity index is 1.74. The number of aromatic nitrogens is 3. The number of H-pyrrole nitrogens is 1. The Morgan fingerprint density at radius 1 is 1.15 bits per heavy atom. The molecule has 0 aliphatic heterocycles. The molecule has 7 nitrogen and oxygen atoms in total. The Bertz CT molecular complexity index is 1180. The zero-order chi connectivity index (χ0) is 18.8. The largest absolute Gasteiger partial charge is 0.337 e. The number of non-ortho nitro benzene ring substituents is 1. The fourth-order valence-electron chi connectivity index (χ4n) is 2.86. The van der Waals surface area contributed by atoms with Gasteiger partial charge in [0.1, 0.15) is 11.9 Å². The van der Waals surface area contributed by atoms with E-state index in [1.54, 1.807) is 18.2 Å². The van der Waals surface area contributed by atoms with Gasteiger partial charge in [-0.25, -0.2) is 4.98 Å². The van der Waals surface area contributed by atoms with Gasteiger partial charge in [0.2, 0.25) is 0 Å². The molecule has 2 aromatic heterocycles. The molecule has 0 amide bonds. The Hall–Kier alpha value is -4.18. The van der Waals surface area contributed by atoms with Crippen molar-refractivity contribution < 1.29 is 4.92 Å². The van der Waals surface area contributed by atoms with Crippen molar-refractivity contribution in [2.45, 2.75) is 0 Å². The smallest absolute Gasteiger partial charge is 0.269 e. The quantitative estimate of drug-likeness (QED) is 0.334. The standard InChI is InChI=1S/C20H13N5O2/c21-13-14(20-22-18-5-1-2-6-19(18)23-20)12-17-4-3-11-24(17)15-7-9-16(10-8-15)25(26)27/h1-12H,(H,22,23)/b14-12-. The van der Waals surface area contributed by atoms with Crippen LogP contribution < -0.4 is 0 Å². The van der Waals surface area contributed by atoms with E-state index in [2.05, 4.69) is 16.0 Å². The lowest BCUT2D eigenvalue weighted by Crippen LogP contribution is -1.96. The van der Waals surface area contributed by atoms with Crippen molar-refractivity contribution in [3.8, 4) is 11.8 Å². The highest BCUT2D eigenvalue weighted by Gasteiger charge is 2.10. The highest BCUT2D eigenvalue weighted by atomic mass is 16.6. The van der Waals surface area contributed by atoms with Crippen molar-refractivity contribution in [2.75, 3.05) is 0 Å². The molecule has 2 heterocycles. The number of nitriles is 1. The number of rotatable bonds is 4. The van der Waals surface area contributed by atoms with Crippen LogP contribution in [0.5, 0.6) is 0 Å². The minimum absolute atomic E-state index is 0.0305. The monoisotopic (exact) mass is 355 g/mol. The summed E-state index contributed by atoms with van der Waals surface area (Å²) in [6, 6.07) is 19.7. The van der Waals surface area contributed by atoms with Gasteiger partial charge < -0.3 is 9.55 Å². The zero-order valence-electron chi connectivity index (χ0n) is 14.0. The summed E-state index contributed by atoms with van der Waals surface area (Å²) in [4.78, 5) is 18.0. The maximum Gasteiger partial charge on any atom is 0.269 e. The van der Waals surface area contributed by atoms with Gasteiger partial charge in [-0.05, 0) is 42.5 Å². The van der Waals surface area contributed by atoms with Crippen molar-refractivity contribution in [3.63, 3.8) is 0 Å². The van der Waals surface area contributed by atoms with Gasteiger partial charge in [0.15, 0.2) is 0 Å². The van der Waals surface area contributed by atoms with E-state index in [0.29, 0.717) is 11.4 Å². The second-order valence-electron chi connectivity index (χ2n) is 5.85. The Labute approximate surface area is 154 Å². The molecule has 0 saturated heterocycles. The summed E-state index contributed by atoms with van der Waals surface area (Å²) in [6.45, 7) is 0. The third-order valence-electron chi connectivity index (χ3n) is 4.18. The summed E-state index contributed by atoms with van der Waals surface area (Å²) >= 11 is 0. The van der Waals surface area contributed by atoms with Gasteiger partial charge in [-0.1, -0.05) is 12.1 Å². The third kappa shape index (κ3) is 3.07. The summed E-state index contributed by atoms with van der Waals surface area (Å²) < 4.78 is 1.85. The first-order chi connectivity index (χ1) is 13.2. The van der Waals surface area contributed by atoms with Crippen LogP contribution in [-0.4, -0.2) is 19.5 Å². The number of fused-ring (bicyclic) bond motifs is 1. The number of allylic oxidation sites excluding steroid dienone is 1. The van der Waals surface area contributed by atoms with Gasteiger partial charge in [-0.15, -0.1) is 0 Å². The Morgan fingerprint density at radius 2 is 1.93 bits per heavy atom. The Morgan fingerprint density at radius 3 is 2.63 bits per heavy atom. The second kappa shape index (κ2) is 6.61. The van der Waals surface area contributed by atoms with Crippen LogP contribution >= 0.6 is 0 Å². The topological polar surface area (TPSA) is 101 Å². The zero-order valence-corrected chi connectivity index (χ0v) is 14.0. The Kier molecular flexibility index (Phi) is 3.99. The number of hydrogen-bond acceptors (Lipinski definition) is 4. The van der Waals surface area contributed by atoms with Crippen molar-refractivity contribution in [3.05, 3.63) is 88.5 Å². The average molecular weight is 355 g/mol. The molecule has 0 radical (unpaired) electrons. The molecule has 0 fully saturated rings. The molecule has 0 saturated carbocycles. The van der Waals surface area contributed by atoms with Crippen molar-refractivity contribution in [2.24, 2.45) is 0 Å². The van der Waals surface area contributed by atoms with E-state index in [-0.39, 0.29) is 5.69 Å². The number of nitrogens with zero attached hydrogens (tertiary/aromatic N) is 4. The molecule has 2 aromatic carbocycles. The van der Waals surface area contributed by atoms with Crippen LogP contribution in [0.4, 0.5) is 5.69 Å². The fourth-order valence-corrected chi connectivity index (χ4v) is 2.86. The summed E-state index contributed by atoms with van der Waals surface area (Å²) in [5, 5.41) is 20.4. The number of nitro benzene ring substituents is 1. The fraction of sp³-hybridized carbons (Fsp3) is 0. The maximum absolute atomic E-state index is 10.8. The number of imidazole rings is 1. The average Bonchev–Trinajstić information content (AvgIpc) is 3.32. The van der Waals surface area contributed by atoms with E-state index in [0.717, 1.165) is 22.4 Å². The van der Waals surface area contributed by atoms with Crippen molar-refractivity contribution in [1.29, 1.82) is 5.26 Å². The number of nitrogens with one attached hydrogen (secondary N) is 1. The molecule has 0 aliphatic carbocycles. The van der Waals surface area contributed by atoms with E-state index < -0.39 is 4.92 Å². The van der Waals surface area contributed by atoms with Gasteiger partial charge in [0, 0.05) is 29.7 Å². The highest BCUT2D eigenvalue weighted by molar-refractivity contribution is 5.90. The summed E-state index contributed by atoms with van der Waals surface area (Å²) in [5.41, 5.74) is 3.61. The molecule has 4 rings (SSSR count). The number of benzene rings is 2. The number of hydrogen-bond donors (Lipinski definition) is 1. The first kappa shape index (κ1) is 16.3. The minimum atomic E-state index is -0.435. The molecular formula is C20H13N5O2. The molecule has 0 bridgehead atoms. The normalized spacial score (nSPS) is 11.4. The molecule has 7 heteroatoms. The van der Waals surface area contributed by atoms with Crippen LogP contribution in [0.3, 0.4) is 0 Å². The first-order valence-electron chi connectivity index (χ1n) is 8.15. The van der Waals surface area contributed by atoms with Crippen LogP contribution in [0.15, 0.2) is 66.9 Å². The van der Waals surface area contributed by atoms with E-state index in [4.69, 9.17) is 0 Å².